The van der Waals surface area contributed by atoms with Crippen LogP contribution in [-0.2, 0) is 19.4 Å². The Hall–Kier alpha value is -3.52. The number of hydrogen-bond donors (Lipinski definition) is 3. The van der Waals surface area contributed by atoms with Crippen molar-refractivity contribution in [1.29, 1.82) is 0 Å². The number of alkyl halides is 3. The molecule has 0 unspecified atom stereocenters. The molecule has 0 aliphatic heterocycles. The van der Waals surface area contributed by atoms with Crippen molar-refractivity contribution < 1.29 is 22.7 Å². The lowest BCUT2D eigenvalue weighted by atomic mass is 9.91. The lowest BCUT2D eigenvalue weighted by molar-refractivity contribution is -0.274. The molecule has 192 valence electrons. The number of anilines is 1. The SMILES string of the molecule is CC(C)Nc1cc(Cc2ccccc2)c(CCCNCc2cccc(OC(F)(F)F)c2)c(C(N)=O)c1. The molecule has 5 nitrogen and oxygen atoms in total. The van der Waals surface area contributed by atoms with E-state index in [-0.39, 0.29) is 11.8 Å². The van der Waals surface area contributed by atoms with Crippen molar-refractivity contribution in [3.63, 3.8) is 0 Å². The lowest BCUT2D eigenvalue weighted by Gasteiger charge is -2.18. The highest BCUT2D eigenvalue weighted by atomic mass is 19.4. The Morgan fingerprint density at radius 2 is 1.72 bits per heavy atom. The van der Waals surface area contributed by atoms with E-state index < -0.39 is 12.3 Å². The van der Waals surface area contributed by atoms with E-state index in [0.29, 0.717) is 37.1 Å². The lowest BCUT2D eigenvalue weighted by Crippen LogP contribution is -2.20. The van der Waals surface area contributed by atoms with Crippen LogP contribution in [0.2, 0.25) is 0 Å². The van der Waals surface area contributed by atoms with Crippen LogP contribution in [0.4, 0.5) is 18.9 Å². The van der Waals surface area contributed by atoms with Crippen molar-refractivity contribution in [1.82, 2.24) is 5.32 Å². The van der Waals surface area contributed by atoms with Crippen LogP contribution in [0, 0.1) is 0 Å². The highest BCUT2D eigenvalue weighted by Crippen LogP contribution is 2.26. The highest BCUT2D eigenvalue weighted by Gasteiger charge is 2.31. The van der Waals surface area contributed by atoms with Crippen LogP contribution in [0.5, 0.6) is 5.75 Å². The highest BCUT2D eigenvalue weighted by molar-refractivity contribution is 5.96. The Morgan fingerprint density at radius 1 is 1.00 bits per heavy atom. The number of primary amides is 1. The Balaban J connectivity index is 1.70. The van der Waals surface area contributed by atoms with Gasteiger partial charge in [-0.25, -0.2) is 0 Å². The molecule has 3 rings (SSSR count). The van der Waals surface area contributed by atoms with Crippen molar-refractivity contribution in [2.24, 2.45) is 5.73 Å². The molecule has 1 amide bonds. The van der Waals surface area contributed by atoms with Crippen LogP contribution in [-0.4, -0.2) is 24.9 Å². The fourth-order valence-corrected chi connectivity index (χ4v) is 4.11. The van der Waals surface area contributed by atoms with Gasteiger partial charge in [0.25, 0.3) is 0 Å². The molecule has 0 radical (unpaired) electrons. The zero-order valence-corrected chi connectivity index (χ0v) is 20.5. The molecule has 0 saturated carbocycles. The van der Waals surface area contributed by atoms with Crippen LogP contribution in [0.1, 0.15) is 52.9 Å². The second-order valence-electron chi connectivity index (χ2n) is 8.96. The molecule has 4 N–H and O–H groups in total. The zero-order valence-electron chi connectivity index (χ0n) is 20.5. The third-order valence-electron chi connectivity index (χ3n) is 5.54. The minimum Gasteiger partial charge on any atom is -0.406 e. The van der Waals surface area contributed by atoms with Gasteiger partial charge in [0.05, 0.1) is 0 Å². The summed E-state index contributed by atoms with van der Waals surface area (Å²) in [6, 6.07) is 20.0. The third-order valence-corrected chi connectivity index (χ3v) is 5.54. The average Bonchev–Trinajstić information content (AvgIpc) is 2.79. The van der Waals surface area contributed by atoms with Gasteiger partial charge < -0.3 is 21.1 Å². The number of nitrogens with one attached hydrogen (secondary N) is 2. The number of carbonyl (C=O) groups excluding carboxylic acids is 1. The molecule has 0 atom stereocenters. The molecule has 0 heterocycles. The predicted octanol–water partition coefficient (Wildman–Crippen LogP) is 5.82. The molecule has 0 aromatic heterocycles. The molecule has 0 aliphatic rings. The van der Waals surface area contributed by atoms with E-state index in [1.807, 2.05) is 38.1 Å². The molecular weight excluding hydrogens is 467 g/mol. The maximum Gasteiger partial charge on any atom is 0.573 e. The smallest absolute Gasteiger partial charge is 0.406 e. The van der Waals surface area contributed by atoms with Gasteiger partial charge in [-0.05, 0) is 86.2 Å². The molecular formula is C28H32F3N3O2. The van der Waals surface area contributed by atoms with Crippen LogP contribution < -0.4 is 21.1 Å². The maximum atomic E-state index is 12.5. The number of hydrogen-bond acceptors (Lipinski definition) is 4. The van der Waals surface area contributed by atoms with Gasteiger partial charge in [-0.3, -0.25) is 4.79 Å². The van der Waals surface area contributed by atoms with E-state index >= 15 is 0 Å². The van der Waals surface area contributed by atoms with Crippen LogP contribution in [0.3, 0.4) is 0 Å². The molecule has 0 aliphatic carbocycles. The Morgan fingerprint density at radius 3 is 2.39 bits per heavy atom. The Bertz CT molecular complexity index is 1150. The summed E-state index contributed by atoms with van der Waals surface area (Å²) < 4.78 is 41.4. The van der Waals surface area contributed by atoms with Crippen molar-refractivity contribution >= 4 is 11.6 Å². The summed E-state index contributed by atoms with van der Waals surface area (Å²) in [7, 11) is 0. The van der Waals surface area contributed by atoms with Crippen LogP contribution in [0.15, 0.2) is 66.7 Å². The number of halogens is 3. The second-order valence-corrected chi connectivity index (χ2v) is 8.96. The summed E-state index contributed by atoms with van der Waals surface area (Å²) in [5.41, 5.74) is 10.9. The fraction of sp³-hybridized carbons (Fsp3) is 0.321. The van der Waals surface area contributed by atoms with E-state index in [9.17, 15) is 18.0 Å². The third kappa shape index (κ3) is 8.61. The minimum atomic E-state index is -4.72. The normalized spacial score (nSPS) is 11.5. The number of carbonyl (C=O) groups is 1. The largest absolute Gasteiger partial charge is 0.573 e. The van der Waals surface area contributed by atoms with Crippen molar-refractivity contribution in [3.8, 4) is 5.75 Å². The summed E-state index contributed by atoms with van der Waals surface area (Å²) in [5.74, 6) is -0.713. The standard InChI is InChI=1S/C28H32F3N3O2/c1-19(2)34-23-16-22(14-20-8-4-3-5-9-20)25(26(17-23)27(32)35)12-7-13-33-18-21-10-6-11-24(15-21)36-28(29,30)31/h3-6,8-11,15-17,19,33-34H,7,12-14,18H2,1-2H3,(H2,32,35). The van der Waals surface area contributed by atoms with Crippen LogP contribution in [0.25, 0.3) is 0 Å². The molecule has 0 fully saturated rings. The number of ether oxygens (including phenoxy) is 1. The topological polar surface area (TPSA) is 76.4 Å². The van der Waals surface area contributed by atoms with E-state index in [0.717, 1.165) is 28.8 Å². The van der Waals surface area contributed by atoms with Gasteiger partial charge in [0.1, 0.15) is 5.75 Å². The predicted molar refractivity (Wildman–Crippen MR) is 136 cm³/mol. The summed E-state index contributed by atoms with van der Waals surface area (Å²) >= 11 is 0. The van der Waals surface area contributed by atoms with Gasteiger partial charge in [0.2, 0.25) is 5.91 Å². The van der Waals surface area contributed by atoms with E-state index in [1.165, 1.54) is 18.2 Å². The molecule has 0 spiro atoms. The van der Waals surface area contributed by atoms with E-state index in [1.54, 1.807) is 6.07 Å². The monoisotopic (exact) mass is 499 g/mol. The van der Waals surface area contributed by atoms with Gasteiger partial charge >= 0.3 is 6.36 Å². The van der Waals surface area contributed by atoms with Gasteiger partial charge in [-0.15, -0.1) is 13.2 Å². The molecule has 0 bridgehead atoms. The van der Waals surface area contributed by atoms with Crippen molar-refractivity contribution in [2.45, 2.75) is 52.1 Å². The van der Waals surface area contributed by atoms with Gasteiger partial charge in [0, 0.05) is 23.8 Å². The van der Waals surface area contributed by atoms with Crippen molar-refractivity contribution in [3.05, 3.63) is 94.5 Å². The first kappa shape index (κ1) is 27.1. The Labute approximate surface area is 209 Å². The first-order valence-electron chi connectivity index (χ1n) is 11.9. The fourth-order valence-electron chi connectivity index (χ4n) is 4.11. The average molecular weight is 500 g/mol. The molecule has 3 aromatic carbocycles. The zero-order chi connectivity index (χ0) is 26.1. The molecule has 36 heavy (non-hydrogen) atoms. The van der Waals surface area contributed by atoms with Gasteiger partial charge in [0.15, 0.2) is 0 Å². The summed E-state index contributed by atoms with van der Waals surface area (Å²) in [6.07, 6.45) is -2.70. The number of benzene rings is 3. The second kappa shape index (κ2) is 12.4. The summed E-state index contributed by atoms with van der Waals surface area (Å²) in [6.45, 7) is 5.07. The summed E-state index contributed by atoms with van der Waals surface area (Å²) in [5, 5.41) is 6.62. The molecule has 3 aromatic rings. The van der Waals surface area contributed by atoms with Crippen molar-refractivity contribution in [2.75, 3.05) is 11.9 Å². The first-order valence-corrected chi connectivity index (χ1v) is 11.9. The summed E-state index contributed by atoms with van der Waals surface area (Å²) in [4.78, 5) is 12.4. The quantitative estimate of drug-likeness (QED) is 0.275. The minimum absolute atomic E-state index is 0.199. The first-order chi connectivity index (χ1) is 17.1. The van der Waals surface area contributed by atoms with E-state index in [2.05, 4.69) is 33.6 Å². The van der Waals surface area contributed by atoms with E-state index in [4.69, 9.17) is 5.73 Å². The van der Waals surface area contributed by atoms with Crippen LogP contribution >= 0.6 is 0 Å². The Kier molecular flexibility index (Phi) is 9.36. The number of rotatable bonds is 12. The van der Waals surface area contributed by atoms with Gasteiger partial charge in [-0.2, -0.15) is 0 Å². The molecule has 8 heteroatoms. The number of amides is 1. The maximum absolute atomic E-state index is 12.5. The number of nitrogens with two attached hydrogens (primary N) is 1. The van der Waals surface area contributed by atoms with Gasteiger partial charge in [-0.1, -0.05) is 42.5 Å². The molecule has 0 saturated heterocycles.